The van der Waals surface area contributed by atoms with Crippen LogP contribution in [0.2, 0.25) is 0 Å². The predicted molar refractivity (Wildman–Crippen MR) is 130 cm³/mol. The fourth-order valence-electron chi connectivity index (χ4n) is 3.89. The van der Waals surface area contributed by atoms with Gasteiger partial charge in [0.05, 0.1) is 23.7 Å². The van der Waals surface area contributed by atoms with E-state index in [0.29, 0.717) is 39.1 Å². The minimum absolute atomic E-state index is 0.180. The lowest BCUT2D eigenvalue weighted by Gasteiger charge is -2.14. The van der Waals surface area contributed by atoms with E-state index in [1.807, 2.05) is 0 Å². The van der Waals surface area contributed by atoms with Gasteiger partial charge in [0.2, 0.25) is 0 Å². The van der Waals surface area contributed by atoms with Gasteiger partial charge in [-0.05, 0) is 48.5 Å². The van der Waals surface area contributed by atoms with Crippen LogP contribution in [0.3, 0.4) is 0 Å². The van der Waals surface area contributed by atoms with Crippen molar-refractivity contribution in [2.75, 3.05) is 12.2 Å². The van der Waals surface area contributed by atoms with Gasteiger partial charge < -0.3 is 15.2 Å². The number of hydrogen-bond donors (Lipinski definition) is 1. The van der Waals surface area contributed by atoms with Crippen LogP contribution in [0.15, 0.2) is 79.1 Å². The van der Waals surface area contributed by atoms with Crippen LogP contribution in [0, 0.1) is 5.82 Å². The number of benzene rings is 3. The van der Waals surface area contributed by atoms with Crippen LogP contribution in [-0.2, 0) is 0 Å². The number of nitrogens with zero attached hydrogens (tertiary/aromatic N) is 3. The molecule has 8 nitrogen and oxygen atoms in total. The minimum Gasteiger partial charge on any atom is -0.496 e. The molecule has 0 spiro atoms. The van der Waals surface area contributed by atoms with Crippen molar-refractivity contribution >= 4 is 39.4 Å². The Morgan fingerprint density at radius 2 is 1.83 bits per heavy atom. The number of fused-ring (bicyclic) bond motifs is 2. The molecule has 2 N–H and O–H groups in total. The Kier molecular flexibility index (Phi) is 5.69. The molecule has 0 radical (unpaired) electrons. The largest absolute Gasteiger partial charge is 0.496 e. The highest BCUT2D eigenvalue weighted by atomic mass is 19.2. The Morgan fingerprint density at radius 1 is 1.03 bits per heavy atom. The number of para-hydroxylation sites is 1. The van der Waals surface area contributed by atoms with E-state index in [1.165, 1.54) is 31.5 Å². The molecule has 2 amide bonds. The smallest absolute Gasteiger partial charge is 0.361 e. The van der Waals surface area contributed by atoms with Crippen molar-refractivity contribution in [1.29, 1.82) is 0 Å². The van der Waals surface area contributed by atoms with E-state index in [-0.39, 0.29) is 10.7 Å². The van der Waals surface area contributed by atoms with Gasteiger partial charge in [-0.25, -0.2) is 9.18 Å². The van der Waals surface area contributed by atoms with E-state index in [0.717, 1.165) is 10.6 Å². The summed E-state index contributed by atoms with van der Waals surface area (Å²) in [7, 11) is 1.43. The zero-order chi connectivity index (χ0) is 25.4. The van der Waals surface area contributed by atoms with Crippen LogP contribution in [0.5, 0.6) is 17.2 Å². The number of amides is 2. The summed E-state index contributed by atoms with van der Waals surface area (Å²) >= 11 is 0. The maximum atomic E-state index is 14.7. The van der Waals surface area contributed by atoms with Crippen molar-refractivity contribution in [3.63, 3.8) is 0 Å². The van der Waals surface area contributed by atoms with Gasteiger partial charge in [-0.3, -0.25) is 14.3 Å². The first-order valence-corrected chi connectivity index (χ1v) is 10.7. The van der Waals surface area contributed by atoms with Crippen LogP contribution in [0.25, 0.3) is 21.8 Å². The summed E-state index contributed by atoms with van der Waals surface area (Å²) in [5, 5.41) is 0.880. The Bertz CT molecular complexity index is 1650. The van der Waals surface area contributed by atoms with E-state index in [2.05, 4.69) is 4.98 Å². The second-order valence-electron chi connectivity index (χ2n) is 7.77. The first-order chi connectivity index (χ1) is 17.4. The van der Waals surface area contributed by atoms with Gasteiger partial charge in [-0.15, -0.1) is 5.12 Å². The van der Waals surface area contributed by atoms with Crippen molar-refractivity contribution in [3.8, 4) is 17.2 Å². The minimum atomic E-state index is -1.07. The zero-order valence-electron chi connectivity index (χ0n) is 18.8. The fourth-order valence-corrected chi connectivity index (χ4v) is 3.89. The molecule has 180 valence electrons. The van der Waals surface area contributed by atoms with Crippen molar-refractivity contribution < 1.29 is 27.9 Å². The zero-order valence-corrected chi connectivity index (χ0v) is 18.8. The highest BCUT2D eigenvalue weighted by Gasteiger charge is 2.22. The number of rotatable bonds is 5. The standard InChI is InChI=1S/C26H18F2N4O4/c1-35-24-14-20-17(13-18(24)25(29)33)23(8-10-30-20)36-16-6-7-21-15(12-16)9-11-31(21)26(34)32(28)22-5-3-2-4-19(22)27/h2-14H,1H3,(H2,29,33). The van der Waals surface area contributed by atoms with E-state index < -0.39 is 23.4 Å². The Balaban J connectivity index is 1.48. The van der Waals surface area contributed by atoms with Gasteiger partial charge in [0.1, 0.15) is 28.8 Å². The van der Waals surface area contributed by atoms with Crippen LogP contribution in [0.1, 0.15) is 10.4 Å². The van der Waals surface area contributed by atoms with Crippen molar-refractivity contribution in [3.05, 3.63) is 90.5 Å². The van der Waals surface area contributed by atoms with Crippen LogP contribution in [0.4, 0.5) is 19.4 Å². The van der Waals surface area contributed by atoms with E-state index in [4.69, 9.17) is 15.2 Å². The lowest BCUT2D eigenvalue weighted by molar-refractivity contribution is 0.0997. The van der Waals surface area contributed by atoms with Crippen molar-refractivity contribution in [1.82, 2.24) is 9.55 Å². The van der Waals surface area contributed by atoms with Crippen molar-refractivity contribution in [2.24, 2.45) is 5.73 Å². The Hall–Kier alpha value is -4.99. The van der Waals surface area contributed by atoms with E-state index in [1.54, 1.807) is 48.7 Å². The molecule has 3 aromatic carbocycles. The second kappa shape index (κ2) is 8.99. The van der Waals surface area contributed by atoms with Gasteiger partial charge >= 0.3 is 6.03 Å². The molecular weight excluding hydrogens is 470 g/mol. The number of carbonyl (C=O) groups excluding carboxylic acids is 2. The molecule has 5 rings (SSSR count). The van der Waals surface area contributed by atoms with Crippen LogP contribution in [-0.4, -0.2) is 28.6 Å². The monoisotopic (exact) mass is 488 g/mol. The quantitative estimate of drug-likeness (QED) is 0.325. The molecule has 0 bridgehead atoms. The predicted octanol–water partition coefficient (Wildman–Crippen LogP) is 5.59. The molecule has 2 aromatic heterocycles. The summed E-state index contributed by atoms with van der Waals surface area (Å²) in [5.41, 5.74) is 6.10. The lowest BCUT2D eigenvalue weighted by Crippen LogP contribution is -2.27. The summed E-state index contributed by atoms with van der Waals surface area (Å²) in [5.74, 6) is -0.392. The fraction of sp³-hybridized carbons (Fsp3) is 0.0385. The van der Waals surface area contributed by atoms with Gasteiger partial charge in [0, 0.05) is 29.2 Å². The summed E-state index contributed by atoms with van der Waals surface area (Å²) in [6.07, 6.45) is 2.94. The van der Waals surface area contributed by atoms with Gasteiger partial charge in [-0.1, -0.05) is 16.6 Å². The summed E-state index contributed by atoms with van der Waals surface area (Å²) in [6, 6.07) is 15.2. The number of pyridine rings is 1. The van der Waals surface area contributed by atoms with Crippen molar-refractivity contribution in [2.45, 2.75) is 0 Å². The number of ether oxygens (including phenoxy) is 2. The number of methoxy groups -OCH3 is 1. The van der Waals surface area contributed by atoms with E-state index >= 15 is 0 Å². The maximum Gasteiger partial charge on any atom is 0.361 e. The van der Waals surface area contributed by atoms with Gasteiger partial charge in [0.15, 0.2) is 0 Å². The number of anilines is 1. The van der Waals surface area contributed by atoms with E-state index in [9.17, 15) is 18.5 Å². The molecule has 36 heavy (non-hydrogen) atoms. The molecule has 0 aliphatic carbocycles. The third-order valence-electron chi connectivity index (χ3n) is 5.62. The average molecular weight is 488 g/mol. The summed E-state index contributed by atoms with van der Waals surface area (Å²) < 4.78 is 41.0. The van der Waals surface area contributed by atoms with Gasteiger partial charge in [0.25, 0.3) is 5.91 Å². The number of nitrogens with two attached hydrogens (primary N) is 1. The molecule has 0 fully saturated rings. The average Bonchev–Trinajstić information content (AvgIpc) is 3.30. The second-order valence-corrected chi connectivity index (χ2v) is 7.77. The highest BCUT2D eigenvalue weighted by Crippen LogP contribution is 2.34. The molecule has 0 unspecified atom stereocenters. The summed E-state index contributed by atoms with van der Waals surface area (Å²) in [4.78, 5) is 28.8. The number of hydrogen-bond acceptors (Lipinski definition) is 5. The van der Waals surface area contributed by atoms with Crippen LogP contribution < -0.4 is 20.3 Å². The number of primary amides is 1. The lowest BCUT2D eigenvalue weighted by atomic mass is 10.1. The SMILES string of the molecule is COc1cc2nccc(Oc3ccc4c(ccn4C(=O)N(F)c4ccccc4F)c3)c2cc1C(N)=O. The maximum absolute atomic E-state index is 14.7. The molecule has 2 heterocycles. The normalized spacial score (nSPS) is 11.0. The molecule has 0 aliphatic heterocycles. The van der Waals surface area contributed by atoms with Crippen LogP contribution >= 0.6 is 0 Å². The molecule has 0 aliphatic rings. The first-order valence-electron chi connectivity index (χ1n) is 10.7. The highest BCUT2D eigenvalue weighted by molar-refractivity contribution is 6.01. The molecule has 5 aromatic rings. The first kappa shape index (κ1) is 22.8. The van der Waals surface area contributed by atoms with Gasteiger partial charge in [-0.2, -0.15) is 0 Å². The third-order valence-corrected chi connectivity index (χ3v) is 5.62. The topological polar surface area (TPSA) is 99.7 Å². The molecule has 0 saturated heterocycles. The number of halogens is 2. The number of aromatic nitrogens is 2. The third kappa shape index (κ3) is 3.94. The number of carbonyl (C=O) groups is 2. The Morgan fingerprint density at radius 3 is 2.58 bits per heavy atom. The molecular formula is C26H18F2N4O4. The molecule has 10 heteroatoms. The Labute approximate surface area is 203 Å². The molecule has 0 atom stereocenters. The molecule has 0 saturated carbocycles. The summed E-state index contributed by atoms with van der Waals surface area (Å²) in [6.45, 7) is 0.